The number of aryl methyl sites for hydroxylation is 1. The van der Waals surface area contributed by atoms with Crippen LogP contribution in [0.5, 0.6) is 5.88 Å². The van der Waals surface area contributed by atoms with Crippen molar-refractivity contribution in [3.8, 4) is 17.1 Å². The molecule has 9 nitrogen and oxygen atoms in total. The molecule has 1 saturated heterocycles. The first-order valence-corrected chi connectivity index (χ1v) is 9.70. The molecule has 0 spiro atoms. The highest BCUT2D eigenvalue weighted by molar-refractivity contribution is 5.93. The average molecular weight is 415 g/mol. The molecule has 1 aromatic carbocycles. The van der Waals surface area contributed by atoms with E-state index in [9.17, 15) is 9.18 Å². The van der Waals surface area contributed by atoms with Crippen molar-refractivity contribution in [2.45, 2.75) is 6.92 Å². The molecule has 0 aliphatic carbocycles. The fourth-order valence-electron chi connectivity index (χ4n) is 3.20. The second kappa shape index (κ2) is 9.14. The minimum absolute atomic E-state index is 0.196. The lowest BCUT2D eigenvalue weighted by molar-refractivity contribution is -0.123. The van der Waals surface area contributed by atoms with Gasteiger partial charge in [-0.3, -0.25) is 9.69 Å². The van der Waals surface area contributed by atoms with Crippen LogP contribution in [0.2, 0.25) is 0 Å². The zero-order valence-corrected chi connectivity index (χ0v) is 16.6. The molecule has 1 aliphatic rings. The van der Waals surface area contributed by atoms with Gasteiger partial charge in [0.1, 0.15) is 22.7 Å². The Morgan fingerprint density at radius 2 is 2.00 bits per heavy atom. The van der Waals surface area contributed by atoms with E-state index in [-0.39, 0.29) is 29.9 Å². The van der Waals surface area contributed by atoms with E-state index >= 15 is 0 Å². The summed E-state index contributed by atoms with van der Waals surface area (Å²) in [4.78, 5) is 22.9. The number of hydrogen-bond donors (Lipinski definition) is 1. The molecule has 3 aromatic rings. The maximum atomic E-state index is 13.3. The van der Waals surface area contributed by atoms with Crippen LogP contribution in [-0.4, -0.2) is 71.9 Å². The zero-order chi connectivity index (χ0) is 20.9. The van der Waals surface area contributed by atoms with Gasteiger partial charge in [-0.15, -0.1) is 0 Å². The average Bonchev–Trinajstić information content (AvgIpc) is 3.17. The highest BCUT2D eigenvalue weighted by Crippen LogP contribution is 2.33. The number of carbonyl (C=O) groups is 1. The number of rotatable bonds is 7. The van der Waals surface area contributed by atoms with Gasteiger partial charge in [0.25, 0.3) is 11.6 Å². The van der Waals surface area contributed by atoms with E-state index in [1.807, 2.05) is 0 Å². The molecule has 1 amide bonds. The number of nitrogens with one attached hydrogen (secondary N) is 1. The number of ether oxygens (including phenoxy) is 2. The topological polar surface area (TPSA) is 103 Å². The second-order valence-electron chi connectivity index (χ2n) is 6.89. The number of amides is 1. The van der Waals surface area contributed by atoms with E-state index in [0.29, 0.717) is 29.0 Å². The number of nitrogens with zero attached hydrogens (tertiary/aromatic N) is 4. The van der Waals surface area contributed by atoms with Crippen LogP contribution in [0.3, 0.4) is 0 Å². The summed E-state index contributed by atoms with van der Waals surface area (Å²) in [7, 11) is 0. The first-order chi connectivity index (χ1) is 14.6. The summed E-state index contributed by atoms with van der Waals surface area (Å²) in [5.74, 6) is 0.00441. The van der Waals surface area contributed by atoms with Gasteiger partial charge in [0, 0.05) is 31.7 Å². The van der Waals surface area contributed by atoms with E-state index < -0.39 is 0 Å². The number of aromatic nitrogens is 3. The van der Waals surface area contributed by atoms with Gasteiger partial charge < -0.3 is 19.3 Å². The molecular formula is C20H22FN5O4. The number of carbonyl (C=O) groups excluding carboxylic acids is 1. The largest absolute Gasteiger partial charge is 0.467 e. The quantitative estimate of drug-likeness (QED) is 0.620. The minimum atomic E-state index is -0.358. The molecule has 3 heterocycles. The maximum Gasteiger partial charge on any atom is 0.265 e. The van der Waals surface area contributed by atoms with E-state index in [2.05, 4.69) is 25.3 Å². The van der Waals surface area contributed by atoms with Crippen LogP contribution in [0.1, 0.15) is 5.82 Å². The molecular weight excluding hydrogens is 393 g/mol. The Morgan fingerprint density at radius 3 is 2.77 bits per heavy atom. The third-order valence-electron chi connectivity index (χ3n) is 4.73. The van der Waals surface area contributed by atoms with Crippen LogP contribution < -0.4 is 10.1 Å². The fourth-order valence-corrected chi connectivity index (χ4v) is 3.20. The predicted molar refractivity (Wildman–Crippen MR) is 105 cm³/mol. The van der Waals surface area contributed by atoms with Crippen molar-refractivity contribution in [2.24, 2.45) is 0 Å². The summed E-state index contributed by atoms with van der Waals surface area (Å²) in [6.07, 6.45) is 0. The summed E-state index contributed by atoms with van der Waals surface area (Å²) in [6, 6.07) is 5.81. The highest BCUT2D eigenvalue weighted by atomic mass is 19.1. The molecule has 1 fully saturated rings. The molecule has 2 aromatic heterocycles. The van der Waals surface area contributed by atoms with Crippen LogP contribution in [0.15, 0.2) is 28.8 Å². The number of benzene rings is 1. The van der Waals surface area contributed by atoms with Gasteiger partial charge in [0.15, 0.2) is 6.61 Å². The molecule has 10 heteroatoms. The summed E-state index contributed by atoms with van der Waals surface area (Å²) in [6.45, 7) is 5.93. The van der Waals surface area contributed by atoms with Crippen molar-refractivity contribution in [1.29, 1.82) is 0 Å². The smallest absolute Gasteiger partial charge is 0.265 e. The van der Waals surface area contributed by atoms with Gasteiger partial charge in [0.05, 0.1) is 13.2 Å². The number of hydrogen-bond acceptors (Lipinski definition) is 8. The van der Waals surface area contributed by atoms with Crippen LogP contribution in [-0.2, 0) is 9.53 Å². The highest BCUT2D eigenvalue weighted by Gasteiger charge is 2.20. The second-order valence-corrected chi connectivity index (χ2v) is 6.89. The lowest BCUT2D eigenvalue weighted by Crippen LogP contribution is -2.42. The van der Waals surface area contributed by atoms with Gasteiger partial charge in [-0.2, -0.15) is 9.97 Å². The van der Waals surface area contributed by atoms with Crippen molar-refractivity contribution >= 4 is 17.0 Å². The van der Waals surface area contributed by atoms with Gasteiger partial charge in [-0.25, -0.2) is 4.39 Å². The fraction of sp³-hybridized carbons (Fsp3) is 0.400. The maximum absolute atomic E-state index is 13.3. The zero-order valence-electron chi connectivity index (χ0n) is 16.6. The van der Waals surface area contributed by atoms with Crippen molar-refractivity contribution < 1.29 is 23.2 Å². The normalized spacial score (nSPS) is 14.7. The molecule has 0 saturated carbocycles. The SMILES string of the molecule is Cc1nc(OCC(=O)NCCN2CCOCC2)c2c(-c3ccc(F)cc3)noc2n1. The Bertz CT molecular complexity index is 1020. The third-order valence-corrected chi connectivity index (χ3v) is 4.73. The van der Waals surface area contributed by atoms with Crippen molar-refractivity contribution in [2.75, 3.05) is 46.0 Å². The Hall–Kier alpha value is -3.11. The third kappa shape index (κ3) is 4.71. The van der Waals surface area contributed by atoms with Crippen LogP contribution in [0.25, 0.3) is 22.4 Å². The molecule has 0 bridgehead atoms. The minimum Gasteiger partial charge on any atom is -0.467 e. The van der Waals surface area contributed by atoms with E-state index in [1.165, 1.54) is 12.1 Å². The van der Waals surface area contributed by atoms with E-state index in [4.69, 9.17) is 14.0 Å². The van der Waals surface area contributed by atoms with Crippen LogP contribution in [0, 0.1) is 12.7 Å². The molecule has 1 aliphatic heterocycles. The number of halogens is 1. The standard InChI is InChI=1S/C20H22FN5O4/c1-13-23-19(29-12-16(27)22-6-7-26-8-10-28-11-9-26)17-18(25-30-20(17)24-13)14-2-4-15(21)5-3-14/h2-5H,6-12H2,1H3,(H,22,27). The van der Waals surface area contributed by atoms with Gasteiger partial charge >= 0.3 is 0 Å². The number of fused-ring (bicyclic) bond motifs is 1. The number of morpholine rings is 1. The van der Waals surface area contributed by atoms with E-state index in [0.717, 1.165) is 32.8 Å². The first kappa shape index (κ1) is 20.2. The summed E-state index contributed by atoms with van der Waals surface area (Å²) >= 11 is 0. The van der Waals surface area contributed by atoms with E-state index in [1.54, 1.807) is 19.1 Å². The lowest BCUT2D eigenvalue weighted by Gasteiger charge is -2.26. The molecule has 0 unspecified atom stereocenters. The van der Waals surface area contributed by atoms with Gasteiger partial charge in [0.2, 0.25) is 5.88 Å². The Morgan fingerprint density at radius 1 is 1.23 bits per heavy atom. The molecule has 30 heavy (non-hydrogen) atoms. The molecule has 0 atom stereocenters. The van der Waals surface area contributed by atoms with Crippen molar-refractivity contribution in [3.63, 3.8) is 0 Å². The lowest BCUT2D eigenvalue weighted by atomic mass is 10.1. The van der Waals surface area contributed by atoms with Crippen molar-refractivity contribution in [3.05, 3.63) is 35.9 Å². The van der Waals surface area contributed by atoms with Crippen molar-refractivity contribution in [1.82, 2.24) is 25.3 Å². The monoisotopic (exact) mass is 415 g/mol. The summed E-state index contributed by atoms with van der Waals surface area (Å²) in [5, 5.41) is 7.31. The predicted octanol–water partition coefficient (Wildman–Crippen LogP) is 1.56. The molecule has 1 N–H and O–H groups in total. The Labute approximate surface area is 172 Å². The molecule has 4 rings (SSSR count). The summed E-state index contributed by atoms with van der Waals surface area (Å²) in [5.41, 5.74) is 1.29. The first-order valence-electron chi connectivity index (χ1n) is 9.70. The van der Waals surface area contributed by atoms with Crippen LogP contribution in [0.4, 0.5) is 4.39 Å². The van der Waals surface area contributed by atoms with Crippen LogP contribution >= 0.6 is 0 Å². The Kier molecular flexibility index (Phi) is 6.15. The Balaban J connectivity index is 1.43. The summed E-state index contributed by atoms with van der Waals surface area (Å²) < 4.78 is 29.5. The molecule has 0 radical (unpaired) electrons. The van der Waals surface area contributed by atoms with Gasteiger partial charge in [-0.1, -0.05) is 5.16 Å². The molecule has 158 valence electrons. The van der Waals surface area contributed by atoms with Gasteiger partial charge in [-0.05, 0) is 31.2 Å².